The molecule has 0 aromatic heterocycles. The number of alkyl halides is 5. The molecule has 43 heavy (non-hydrogen) atoms. The number of nitroso groups, excluding NO2 is 1. The lowest BCUT2D eigenvalue weighted by Crippen LogP contribution is -2.49. The molecule has 1 aromatic rings. The molecule has 0 atom stereocenters. The van der Waals surface area contributed by atoms with Crippen molar-refractivity contribution in [2.75, 3.05) is 0 Å². The van der Waals surface area contributed by atoms with Crippen molar-refractivity contribution in [3.05, 3.63) is 33.7 Å². The summed E-state index contributed by atoms with van der Waals surface area (Å²) in [6, 6.07) is 3.42. The highest BCUT2D eigenvalue weighted by Crippen LogP contribution is 2.49. The van der Waals surface area contributed by atoms with Gasteiger partial charge in [0.05, 0.1) is 4.91 Å². The quantitative estimate of drug-likeness (QED) is 0.154. The lowest BCUT2D eigenvalue weighted by atomic mass is 9.75. The normalized spacial score (nSPS) is 21.0. The highest BCUT2D eigenvalue weighted by molar-refractivity contribution is 8.08. The lowest BCUT2D eigenvalue weighted by Gasteiger charge is -2.32. The Hall–Kier alpha value is -1.88. The van der Waals surface area contributed by atoms with Crippen LogP contribution in [0.3, 0.4) is 0 Å². The summed E-state index contributed by atoms with van der Waals surface area (Å²) in [4.78, 5) is 11.7. The SMILES string of the molecule is O=[N+](S(=O)(=O)C(F)(F)F)S(=O)(=O)C(F)(F)S(=O)(=O)Oc1c(C2CCCCC2)cc(C2CCCCC2)cc1C1CCCCC1. The molecule has 3 fully saturated rings. The molecule has 0 radical (unpaired) electrons. The van der Waals surface area contributed by atoms with Crippen molar-refractivity contribution in [3.8, 4) is 5.75 Å². The van der Waals surface area contributed by atoms with Gasteiger partial charge in [0.15, 0.2) is 0 Å². The fourth-order valence-electron chi connectivity index (χ4n) is 6.49. The summed E-state index contributed by atoms with van der Waals surface area (Å²) in [5.41, 5.74) is -5.12. The van der Waals surface area contributed by atoms with E-state index in [1.54, 1.807) is 12.1 Å². The van der Waals surface area contributed by atoms with E-state index in [1.807, 2.05) is 0 Å². The van der Waals surface area contributed by atoms with Gasteiger partial charge in [0, 0.05) is 0 Å². The maximum absolute atomic E-state index is 15.2. The Morgan fingerprint density at radius 3 is 1.35 bits per heavy atom. The number of nitrogens with zero attached hydrogens (tertiary/aromatic N) is 1. The summed E-state index contributed by atoms with van der Waals surface area (Å²) in [7, 11) is -21.7. The van der Waals surface area contributed by atoms with Gasteiger partial charge >= 0.3 is 40.3 Å². The third-order valence-corrected chi connectivity index (χ3v) is 14.2. The van der Waals surface area contributed by atoms with E-state index >= 15 is 8.78 Å². The second-order valence-corrected chi connectivity index (χ2v) is 17.3. The monoisotopic (exact) mass is 680 g/mol. The van der Waals surface area contributed by atoms with Gasteiger partial charge in [-0.05, 0) is 73.0 Å². The van der Waals surface area contributed by atoms with Crippen LogP contribution in [0.2, 0.25) is 0 Å². The van der Waals surface area contributed by atoms with Crippen LogP contribution in [-0.4, -0.2) is 38.9 Å². The van der Waals surface area contributed by atoms with Crippen LogP contribution in [0.4, 0.5) is 22.0 Å². The highest BCUT2D eigenvalue weighted by atomic mass is 32.3. The highest BCUT2D eigenvalue weighted by Gasteiger charge is 2.76. The van der Waals surface area contributed by atoms with E-state index in [9.17, 15) is 43.3 Å². The van der Waals surface area contributed by atoms with Crippen LogP contribution in [-0.2, 0) is 30.2 Å². The van der Waals surface area contributed by atoms with Crippen LogP contribution < -0.4 is 4.18 Å². The topological polar surface area (TPSA) is 132 Å². The van der Waals surface area contributed by atoms with Gasteiger partial charge in [-0.15, -0.1) is 8.42 Å². The molecule has 9 nitrogen and oxygen atoms in total. The van der Waals surface area contributed by atoms with E-state index in [2.05, 4.69) is 0 Å². The van der Waals surface area contributed by atoms with Crippen molar-refractivity contribution < 1.29 is 55.0 Å². The first-order valence-electron chi connectivity index (χ1n) is 14.4. The maximum atomic E-state index is 15.2. The van der Waals surface area contributed by atoms with E-state index < -0.39 is 49.6 Å². The standard InChI is InChI=1S/C26H35F5NO8S3/c27-25(28,29)41(34,35)32(33)42(36,37)26(30,31)43(38,39)40-24-22(19-12-6-2-7-13-19)16-21(18-10-4-1-5-11-18)17-23(24)20-14-8-3-9-15-20/h16-20H,1-15H2/q+1. The van der Waals surface area contributed by atoms with Gasteiger partial charge in [0.1, 0.15) is 5.75 Å². The molecule has 0 N–H and O–H groups in total. The second kappa shape index (κ2) is 12.5. The van der Waals surface area contributed by atoms with Crippen LogP contribution in [0.15, 0.2) is 12.1 Å². The van der Waals surface area contributed by atoms with Crippen molar-refractivity contribution >= 4 is 30.2 Å². The number of sulfonamides is 2. The van der Waals surface area contributed by atoms with Gasteiger partial charge in [-0.25, -0.2) is 0 Å². The summed E-state index contributed by atoms with van der Waals surface area (Å²) < 4.78 is 138. The number of halogens is 5. The van der Waals surface area contributed by atoms with E-state index in [0.29, 0.717) is 36.8 Å². The zero-order chi connectivity index (χ0) is 31.8. The molecule has 17 heteroatoms. The summed E-state index contributed by atoms with van der Waals surface area (Å²) in [6.07, 6.45) is 11.9. The van der Waals surface area contributed by atoms with Gasteiger partial charge in [-0.2, -0.15) is 38.8 Å². The molecule has 0 aliphatic heterocycles. The first kappa shape index (κ1) is 34.0. The first-order chi connectivity index (χ1) is 19.9. The van der Waals surface area contributed by atoms with Crippen LogP contribution in [0.1, 0.15) is 131 Å². The molecule has 3 aliphatic carbocycles. The maximum Gasteiger partial charge on any atom is 0.566 e. The van der Waals surface area contributed by atoms with E-state index in [-0.39, 0.29) is 17.8 Å². The zero-order valence-electron chi connectivity index (χ0n) is 23.3. The van der Waals surface area contributed by atoms with Gasteiger partial charge < -0.3 is 4.18 Å². The second-order valence-electron chi connectivity index (χ2n) is 11.7. The zero-order valence-corrected chi connectivity index (χ0v) is 25.8. The number of hydrogen-bond donors (Lipinski definition) is 0. The summed E-state index contributed by atoms with van der Waals surface area (Å²) in [5, 5.41) is 0. The molecule has 3 saturated carbocycles. The van der Waals surface area contributed by atoms with E-state index in [0.717, 1.165) is 76.2 Å². The van der Waals surface area contributed by atoms with Crippen molar-refractivity contribution in [1.82, 2.24) is 0 Å². The fraction of sp³-hybridized carbons (Fsp3) is 0.769. The summed E-state index contributed by atoms with van der Waals surface area (Å²) in [5.74, 6) is -1.02. The Bertz CT molecular complexity index is 1490. The summed E-state index contributed by atoms with van der Waals surface area (Å²) in [6.45, 7) is 0. The number of rotatable bonds is 9. The van der Waals surface area contributed by atoms with Crippen LogP contribution in [0.25, 0.3) is 0 Å². The largest absolute Gasteiger partial charge is 0.566 e. The Labute approximate surface area is 248 Å². The smallest absolute Gasteiger partial charge is 0.377 e. The molecule has 0 unspecified atom stereocenters. The molecule has 0 bridgehead atoms. The van der Waals surface area contributed by atoms with E-state index in [1.165, 1.54) is 0 Å². The Kier molecular flexibility index (Phi) is 9.87. The Morgan fingerprint density at radius 2 is 0.977 bits per heavy atom. The lowest BCUT2D eigenvalue weighted by molar-refractivity contribution is -0.238. The molecule has 0 saturated heterocycles. The predicted octanol–water partition coefficient (Wildman–Crippen LogP) is 7.05. The molecule has 0 spiro atoms. The fourth-order valence-corrected chi connectivity index (χ4v) is 10.4. The van der Waals surface area contributed by atoms with Crippen LogP contribution in [0, 0.1) is 4.91 Å². The third-order valence-electron chi connectivity index (χ3n) is 8.80. The Balaban J connectivity index is 1.86. The van der Waals surface area contributed by atoms with E-state index in [4.69, 9.17) is 4.18 Å². The minimum atomic E-state index is -7.53. The molecular formula is C26H35F5NO8S3+. The summed E-state index contributed by atoms with van der Waals surface area (Å²) >= 11 is 0. The van der Waals surface area contributed by atoms with Gasteiger partial charge in [0.25, 0.3) is 3.57 Å². The van der Waals surface area contributed by atoms with Crippen LogP contribution >= 0.6 is 0 Å². The van der Waals surface area contributed by atoms with Crippen molar-refractivity contribution in [2.24, 2.45) is 0 Å². The molecule has 4 rings (SSSR count). The Morgan fingerprint density at radius 1 is 0.605 bits per heavy atom. The molecule has 0 amide bonds. The number of benzene rings is 1. The van der Waals surface area contributed by atoms with Gasteiger partial charge in [-0.1, -0.05) is 69.9 Å². The van der Waals surface area contributed by atoms with Crippen molar-refractivity contribution in [1.29, 1.82) is 0 Å². The average Bonchev–Trinajstić information content (AvgIpc) is 2.97. The van der Waals surface area contributed by atoms with Gasteiger partial charge in [-0.3, -0.25) is 0 Å². The minimum absolute atomic E-state index is 0.132. The first-order valence-corrected chi connectivity index (χ1v) is 18.7. The van der Waals surface area contributed by atoms with Crippen LogP contribution in [0.5, 0.6) is 5.75 Å². The predicted molar refractivity (Wildman–Crippen MR) is 146 cm³/mol. The van der Waals surface area contributed by atoms with Gasteiger partial charge in [0.2, 0.25) is 0 Å². The third kappa shape index (κ3) is 6.58. The molecule has 0 heterocycles. The minimum Gasteiger partial charge on any atom is -0.377 e. The molecule has 3 aliphatic rings. The van der Waals surface area contributed by atoms with Crippen molar-refractivity contribution in [3.63, 3.8) is 0 Å². The van der Waals surface area contributed by atoms with Crippen molar-refractivity contribution in [2.45, 2.75) is 124 Å². The molecular weight excluding hydrogens is 645 g/mol. The molecule has 244 valence electrons. The number of hydrogen-bond acceptors (Lipinski definition) is 8. The molecule has 1 aromatic carbocycles. The average molecular weight is 681 g/mol.